The highest BCUT2D eigenvalue weighted by atomic mass is 16.5. The molecule has 1 aliphatic heterocycles. The molecule has 2 N–H and O–H groups in total. The largest absolute Gasteiger partial charge is 0.389 e. The van der Waals surface area contributed by atoms with E-state index in [1.54, 1.807) is 0 Å². The van der Waals surface area contributed by atoms with Crippen LogP contribution in [0, 0.1) is 5.41 Å². The Hall–Kier alpha value is -0.120. The van der Waals surface area contributed by atoms with Gasteiger partial charge in [0.2, 0.25) is 0 Å². The van der Waals surface area contributed by atoms with Crippen LogP contribution in [0.5, 0.6) is 0 Å². The molecule has 0 aromatic carbocycles. The van der Waals surface area contributed by atoms with Gasteiger partial charge in [-0.1, -0.05) is 6.92 Å². The van der Waals surface area contributed by atoms with Gasteiger partial charge in [0.05, 0.1) is 18.8 Å². The predicted octanol–water partition coefficient (Wildman–Crippen LogP) is 0.916. The zero-order chi connectivity index (χ0) is 10.2. The lowest BCUT2D eigenvalue weighted by Gasteiger charge is -2.40. The summed E-state index contributed by atoms with van der Waals surface area (Å²) in [6.07, 6.45) is 3.17. The molecule has 3 nitrogen and oxygen atoms in total. The molecule has 82 valence electrons. The summed E-state index contributed by atoms with van der Waals surface area (Å²) in [6, 6.07) is 0.278. The summed E-state index contributed by atoms with van der Waals surface area (Å²) >= 11 is 0. The molecule has 1 saturated carbocycles. The van der Waals surface area contributed by atoms with Crippen LogP contribution >= 0.6 is 0 Å². The minimum atomic E-state index is -0.499. The van der Waals surface area contributed by atoms with Crippen molar-refractivity contribution in [3.05, 3.63) is 0 Å². The molecule has 1 heterocycles. The van der Waals surface area contributed by atoms with Gasteiger partial charge in [0.15, 0.2) is 0 Å². The number of ether oxygens (including phenoxy) is 1. The van der Waals surface area contributed by atoms with Crippen molar-refractivity contribution in [2.75, 3.05) is 19.8 Å². The summed E-state index contributed by atoms with van der Waals surface area (Å²) in [5, 5.41) is 13.5. The first-order chi connectivity index (χ1) is 6.52. The second-order valence-corrected chi connectivity index (χ2v) is 5.49. The van der Waals surface area contributed by atoms with E-state index in [0.29, 0.717) is 5.41 Å². The average molecular weight is 199 g/mol. The minimum absolute atomic E-state index is 0.278. The van der Waals surface area contributed by atoms with Crippen molar-refractivity contribution in [3.8, 4) is 0 Å². The average Bonchev–Trinajstić information content (AvgIpc) is 2.38. The van der Waals surface area contributed by atoms with Crippen molar-refractivity contribution in [1.29, 1.82) is 0 Å². The van der Waals surface area contributed by atoms with E-state index in [4.69, 9.17) is 4.74 Å². The maximum atomic E-state index is 10.0. The summed E-state index contributed by atoms with van der Waals surface area (Å²) in [4.78, 5) is 0. The van der Waals surface area contributed by atoms with Gasteiger partial charge >= 0.3 is 0 Å². The highest BCUT2D eigenvalue weighted by Gasteiger charge is 2.39. The first-order valence-electron chi connectivity index (χ1n) is 5.55. The molecular weight excluding hydrogens is 178 g/mol. The van der Waals surface area contributed by atoms with Crippen molar-refractivity contribution >= 4 is 0 Å². The fraction of sp³-hybridized carbons (Fsp3) is 1.00. The van der Waals surface area contributed by atoms with Gasteiger partial charge < -0.3 is 15.2 Å². The fourth-order valence-corrected chi connectivity index (χ4v) is 2.39. The third kappa shape index (κ3) is 1.95. The van der Waals surface area contributed by atoms with E-state index < -0.39 is 5.60 Å². The van der Waals surface area contributed by atoms with Gasteiger partial charge in [0, 0.05) is 18.0 Å². The van der Waals surface area contributed by atoms with Crippen LogP contribution in [0.25, 0.3) is 0 Å². The minimum Gasteiger partial charge on any atom is -0.389 e. The standard InChI is InChI=1S/C11H21NO2/c1-10(7-14-8-10)6-12-9-4-3-5-11(9,2)13/h9,12-13H,3-8H2,1-2H3. The van der Waals surface area contributed by atoms with E-state index in [9.17, 15) is 5.11 Å². The fourth-order valence-electron chi connectivity index (χ4n) is 2.39. The summed E-state index contributed by atoms with van der Waals surface area (Å²) in [7, 11) is 0. The molecule has 1 aliphatic carbocycles. The molecule has 14 heavy (non-hydrogen) atoms. The molecule has 2 unspecified atom stereocenters. The van der Waals surface area contributed by atoms with Gasteiger partial charge in [0.25, 0.3) is 0 Å². The Morgan fingerprint density at radius 1 is 1.43 bits per heavy atom. The van der Waals surface area contributed by atoms with Gasteiger partial charge in [-0.25, -0.2) is 0 Å². The third-order valence-electron chi connectivity index (χ3n) is 3.60. The van der Waals surface area contributed by atoms with Crippen LogP contribution in [0.3, 0.4) is 0 Å². The molecule has 0 bridgehead atoms. The van der Waals surface area contributed by atoms with E-state index in [-0.39, 0.29) is 6.04 Å². The summed E-state index contributed by atoms with van der Waals surface area (Å²) in [6.45, 7) is 6.85. The Morgan fingerprint density at radius 3 is 2.57 bits per heavy atom. The monoisotopic (exact) mass is 199 g/mol. The van der Waals surface area contributed by atoms with E-state index >= 15 is 0 Å². The zero-order valence-electron chi connectivity index (χ0n) is 9.18. The maximum Gasteiger partial charge on any atom is 0.0772 e. The van der Waals surface area contributed by atoms with E-state index in [1.807, 2.05) is 6.92 Å². The van der Waals surface area contributed by atoms with Gasteiger partial charge in [0.1, 0.15) is 0 Å². The van der Waals surface area contributed by atoms with Crippen LogP contribution in [0.4, 0.5) is 0 Å². The molecule has 0 radical (unpaired) electrons. The van der Waals surface area contributed by atoms with Crippen LogP contribution in [0.15, 0.2) is 0 Å². The lowest BCUT2D eigenvalue weighted by molar-refractivity contribution is -0.103. The normalized spacial score (nSPS) is 40.9. The van der Waals surface area contributed by atoms with Gasteiger partial charge in [-0.3, -0.25) is 0 Å². The quantitative estimate of drug-likeness (QED) is 0.710. The highest BCUT2D eigenvalue weighted by Crippen LogP contribution is 2.31. The third-order valence-corrected chi connectivity index (χ3v) is 3.60. The van der Waals surface area contributed by atoms with E-state index in [0.717, 1.165) is 39.0 Å². The highest BCUT2D eigenvalue weighted by molar-refractivity contribution is 4.95. The molecular formula is C11H21NO2. The Balaban J connectivity index is 1.80. The number of nitrogens with one attached hydrogen (secondary N) is 1. The first kappa shape index (κ1) is 10.4. The molecule has 0 spiro atoms. The van der Waals surface area contributed by atoms with Gasteiger partial charge in [-0.05, 0) is 26.2 Å². The maximum absolute atomic E-state index is 10.0. The van der Waals surface area contributed by atoms with Crippen molar-refractivity contribution in [3.63, 3.8) is 0 Å². The first-order valence-corrected chi connectivity index (χ1v) is 5.55. The Labute approximate surface area is 85.8 Å². The Bertz CT molecular complexity index is 211. The Kier molecular flexibility index (Phi) is 2.58. The summed E-state index contributed by atoms with van der Waals surface area (Å²) < 4.78 is 5.20. The summed E-state index contributed by atoms with van der Waals surface area (Å²) in [5.74, 6) is 0. The van der Waals surface area contributed by atoms with Crippen molar-refractivity contribution in [2.45, 2.75) is 44.8 Å². The number of aliphatic hydroxyl groups is 1. The van der Waals surface area contributed by atoms with Gasteiger partial charge in [-0.2, -0.15) is 0 Å². The van der Waals surface area contributed by atoms with Crippen molar-refractivity contribution in [1.82, 2.24) is 5.32 Å². The van der Waals surface area contributed by atoms with Crippen LogP contribution in [-0.2, 0) is 4.74 Å². The van der Waals surface area contributed by atoms with Crippen LogP contribution in [0.2, 0.25) is 0 Å². The van der Waals surface area contributed by atoms with Crippen LogP contribution in [0.1, 0.15) is 33.1 Å². The summed E-state index contributed by atoms with van der Waals surface area (Å²) in [5.41, 5.74) is -0.195. The van der Waals surface area contributed by atoms with Crippen LogP contribution in [-0.4, -0.2) is 36.5 Å². The lowest BCUT2D eigenvalue weighted by Crippen LogP contribution is -2.53. The smallest absolute Gasteiger partial charge is 0.0772 e. The molecule has 1 saturated heterocycles. The predicted molar refractivity (Wildman–Crippen MR) is 55.2 cm³/mol. The van der Waals surface area contributed by atoms with Gasteiger partial charge in [-0.15, -0.1) is 0 Å². The molecule has 3 heteroatoms. The zero-order valence-corrected chi connectivity index (χ0v) is 9.18. The molecule has 2 aliphatic rings. The lowest BCUT2D eigenvalue weighted by atomic mass is 9.88. The van der Waals surface area contributed by atoms with E-state index in [2.05, 4.69) is 12.2 Å². The van der Waals surface area contributed by atoms with Crippen LogP contribution < -0.4 is 5.32 Å². The number of hydrogen-bond acceptors (Lipinski definition) is 3. The number of hydrogen-bond donors (Lipinski definition) is 2. The van der Waals surface area contributed by atoms with Crippen molar-refractivity contribution in [2.24, 2.45) is 5.41 Å². The van der Waals surface area contributed by atoms with Crippen molar-refractivity contribution < 1.29 is 9.84 Å². The molecule has 2 atom stereocenters. The second-order valence-electron chi connectivity index (χ2n) is 5.49. The Morgan fingerprint density at radius 2 is 2.14 bits per heavy atom. The topological polar surface area (TPSA) is 41.5 Å². The van der Waals surface area contributed by atoms with E-state index in [1.165, 1.54) is 0 Å². The molecule has 0 amide bonds. The molecule has 0 aromatic heterocycles. The SMILES string of the molecule is CC1(CNC2CCCC2(C)O)COC1. The molecule has 2 fully saturated rings. The number of rotatable bonds is 3. The molecule has 2 rings (SSSR count). The molecule has 0 aromatic rings. The second kappa shape index (κ2) is 3.47.